The molecule has 0 saturated heterocycles. The lowest BCUT2D eigenvalue weighted by Gasteiger charge is -2.14. The first-order chi connectivity index (χ1) is 11.0. The largest absolute Gasteiger partial charge is 0.497 e. The number of ether oxygens (including phenoxy) is 2. The van der Waals surface area contributed by atoms with Crippen molar-refractivity contribution >= 4 is 5.91 Å². The van der Waals surface area contributed by atoms with E-state index in [1.165, 1.54) is 0 Å². The van der Waals surface area contributed by atoms with Crippen LogP contribution in [0.25, 0.3) is 0 Å². The van der Waals surface area contributed by atoms with Crippen molar-refractivity contribution in [2.45, 2.75) is 33.4 Å². The highest BCUT2D eigenvalue weighted by molar-refractivity contribution is 5.95. The molecule has 1 aromatic carbocycles. The first kappa shape index (κ1) is 16.9. The van der Waals surface area contributed by atoms with Crippen molar-refractivity contribution in [3.05, 3.63) is 41.2 Å². The molecule has 0 fully saturated rings. The molecule has 6 nitrogen and oxygen atoms in total. The normalized spacial score (nSPS) is 11.9. The van der Waals surface area contributed by atoms with Gasteiger partial charge < -0.3 is 14.8 Å². The van der Waals surface area contributed by atoms with Gasteiger partial charge in [0.2, 0.25) is 0 Å². The number of benzene rings is 1. The van der Waals surface area contributed by atoms with Gasteiger partial charge in [0.15, 0.2) is 0 Å². The van der Waals surface area contributed by atoms with Gasteiger partial charge in [-0.3, -0.25) is 9.48 Å². The molecule has 1 unspecified atom stereocenters. The summed E-state index contributed by atoms with van der Waals surface area (Å²) in [6.45, 7) is 6.72. The standard InChI is InChI=1S/C17H23N3O3/c1-6-20-10-16(12(3)19-20)11(2)18-17(21)13-7-14(22-4)9-15(8-13)23-5/h7-11H,6H2,1-5H3,(H,18,21). The predicted octanol–water partition coefficient (Wildman–Crippen LogP) is 2.72. The molecule has 1 heterocycles. The van der Waals surface area contributed by atoms with Gasteiger partial charge in [-0.1, -0.05) is 0 Å². The molecule has 2 aromatic rings. The molecule has 1 N–H and O–H groups in total. The van der Waals surface area contributed by atoms with Gasteiger partial charge in [-0.2, -0.15) is 5.10 Å². The highest BCUT2D eigenvalue weighted by atomic mass is 16.5. The van der Waals surface area contributed by atoms with Crippen LogP contribution in [0.4, 0.5) is 0 Å². The molecule has 1 amide bonds. The van der Waals surface area contributed by atoms with Gasteiger partial charge in [0, 0.05) is 29.9 Å². The van der Waals surface area contributed by atoms with Crippen molar-refractivity contribution in [3.8, 4) is 11.5 Å². The van der Waals surface area contributed by atoms with Crippen LogP contribution in [0, 0.1) is 6.92 Å². The zero-order valence-corrected chi connectivity index (χ0v) is 14.2. The molecule has 1 aromatic heterocycles. The second-order valence-corrected chi connectivity index (χ2v) is 5.32. The topological polar surface area (TPSA) is 65.4 Å². The average molecular weight is 317 g/mol. The maximum atomic E-state index is 12.5. The number of aromatic nitrogens is 2. The third-order valence-electron chi connectivity index (χ3n) is 3.74. The maximum Gasteiger partial charge on any atom is 0.252 e. The molecule has 0 spiro atoms. The van der Waals surface area contributed by atoms with Crippen LogP contribution in [0.3, 0.4) is 0 Å². The lowest BCUT2D eigenvalue weighted by atomic mass is 10.1. The first-order valence-electron chi connectivity index (χ1n) is 7.56. The van der Waals surface area contributed by atoms with E-state index in [0.29, 0.717) is 17.1 Å². The van der Waals surface area contributed by atoms with Crippen LogP contribution >= 0.6 is 0 Å². The lowest BCUT2D eigenvalue weighted by molar-refractivity contribution is 0.0939. The van der Waals surface area contributed by atoms with E-state index in [-0.39, 0.29) is 11.9 Å². The quantitative estimate of drug-likeness (QED) is 0.889. The average Bonchev–Trinajstić information content (AvgIpc) is 2.95. The third kappa shape index (κ3) is 3.83. The van der Waals surface area contributed by atoms with Crippen LogP contribution in [-0.4, -0.2) is 29.9 Å². The van der Waals surface area contributed by atoms with Gasteiger partial charge in [-0.05, 0) is 32.9 Å². The van der Waals surface area contributed by atoms with E-state index >= 15 is 0 Å². The van der Waals surface area contributed by atoms with Gasteiger partial charge >= 0.3 is 0 Å². The molecule has 0 aliphatic rings. The summed E-state index contributed by atoms with van der Waals surface area (Å²) < 4.78 is 12.3. The molecule has 23 heavy (non-hydrogen) atoms. The number of amides is 1. The Morgan fingerprint density at radius 3 is 2.35 bits per heavy atom. The van der Waals surface area contributed by atoms with E-state index < -0.39 is 0 Å². The highest BCUT2D eigenvalue weighted by Gasteiger charge is 2.17. The monoisotopic (exact) mass is 317 g/mol. The minimum Gasteiger partial charge on any atom is -0.497 e. The molecule has 0 aliphatic heterocycles. The Hall–Kier alpha value is -2.50. The summed E-state index contributed by atoms with van der Waals surface area (Å²) >= 11 is 0. The van der Waals surface area contributed by atoms with Gasteiger partial charge in [0.1, 0.15) is 11.5 Å². The number of rotatable bonds is 6. The van der Waals surface area contributed by atoms with E-state index in [9.17, 15) is 4.79 Å². The molecule has 0 saturated carbocycles. The minimum absolute atomic E-state index is 0.139. The van der Waals surface area contributed by atoms with Crippen molar-refractivity contribution in [3.63, 3.8) is 0 Å². The van der Waals surface area contributed by atoms with Crippen molar-refractivity contribution in [2.24, 2.45) is 0 Å². The van der Waals surface area contributed by atoms with Crippen LogP contribution in [-0.2, 0) is 6.54 Å². The van der Waals surface area contributed by atoms with Gasteiger partial charge in [-0.25, -0.2) is 0 Å². The Morgan fingerprint density at radius 2 is 1.87 bits per heavy atom. The van der Waals surface area contributed by atoms with E-state index in [4.69, 9.17) is 9.47 Å². The van der Waals surface area contributed by atoms with E-state index in [0.717, 1.165) is 17.8 Å². The Bertz CT molecular complexity index is 672. The van der Waals surface area contributed by atoms with Crippen molar-refractivity contribution in [1.29, 1.82) is 0 Å². The fourth-order valence-corrected chi connectivity index (χ4v) is 2.42. The van der Waals surface area contributed by atoms with Crippen molar-refractivity contribution in [1.82, 2.24) is 15.1 Å². The zero-order valence-electron chi connectivity index (χ0n) is 14.2. The number of hydrogen-bond donors (Lipinski definition) is 1. The van der Waals surface area contributed by atoms with Gasteiger partial charge in [0.25, 0.3) is 5.91 Å². The number of nitrogens with one attached hydrogen (secondary N) is 1. The van der Waals surface area contributed by atoms with Crippen LogP contribution < -0.4 is 14.8 Å². The van der Waals surface area contributed by atoms with E-state index in [2.05, 4.69) is 10.4 Å². The summed E-state index contributed by atoms with van der Waals surface area (Å²) in [5.41, 5.74) is 2.42. The van der Waals surface area contributed by atoms with Crippen molar-refractivity contribution in [2.75, 3.05) is 14.2 Å². The first-order valence-corrected chi connectivity index (χ1v) is 7.56. The Labute approximate surface area is 136 Å². The highest BCUT2D eigenvalue weighted by Crippen LogP contribution is 2.23. The maximum absolute atomic E-state index is 12.5. The molecule has 0 radical (unpaired) electrons. The molecule has 0 aliphatic carbocycles. The number of carbonyl (C=O) groups is 1. The molecule has 6 heteroatoms. The molecular formula is C17H23N3O3. The summed E-state index contributed by atoms with van der Waals surface area (Å²) in [5, 5.41) is 7.40. The second kappa shape index (κ2) is 7.17. The van der Waals surface area contributed by atoms with E-state index in [1.807, 2.05) is 31.6 Å². The van der Waals surface area contributed by atoms with Gasteiger partial charge in [-0.15, -0.1) is 0 Å². The predicted molar refractivity (Wildman–Crippen MR) is 88.1 cm³/mol. The fraction of sp³-hybridized carbons (Fsp3) is 0.412. The lowest BCUT2D eigenvalue weighted by Crippen LogP contribution is -2.26. The number of aryl methyl sites for hydroxylation is 2. The summed E-state index contributed by atoms with van der Waals surface area (Å²) in [7, 11) is 3.11. The zero-order chi connectivity index (χ0) is 17.0. The number of carbonyl (C=O) groups excluding carboxylic acids is 1. The number of hydrogen-bond acceptors (Lipinski definition) is 4. The smallest absolute Gasteiger partial charge is 0.252 e. The number of nitrogens with zero attached hydrogens (tertiary/aromatic N) is 2. The molecule has 2 rings (SSSR count). The number of methoxy groups -OCH3 is 2. The van der Waals surface area contributed by atoms with Crippen LogP contribution in [0.2, 0.25) is 0 Å². The van der Waals surface area contributed by atoms with Crippen LogP contribution in [0.15, 0.2) is 24.4 Å². The minimum atomic E-state index is -0.182. The third-order valence-corrected chi connectivity index (χ3v) is 3.74. The summed E-state index contributed by atoms with van der Waals surface area (Å²) in [5.74, 6) is 0.979. The summed E-state index contributed by atoms with van der Waals surface area (Å²) in [4.78, 5) is 12.5. The summed E-state index contributed by atoms with van der Waals surface area (Å²) in [6, 6.07) is 4.97. The second-order valence-electron chi connectivity index (χ2n) is 5.32. The van der Waals surface area contributed by atoms with Crippen molar-refractivity contribution < 1.29 is 14.3 Å². The molecule has 1 atom stereocenters. The molecule has 124 valence electrons. The Morgan fingerprint density at radius 1 is 1.26 bits per heavy atom. The van der Waals surface area contributed by atoms with E-state index in [1.54, 1.807) is 32.4 Å². The molecular weight excluding hydrogens is 294 g/mol. The Kier molecular flexibility index (Phi) is 5.26. The summed E-state index contributed by atoms with van der Waals surface area (Å²) in [6.07, 6.45) is 1.96. The SMILES string of the molecule is CCn1cc(C(C)NC(=O)c2cc(OC)cc(OC)c2)c(C)n1. The molecule has 0 bridgehead atoms. The Balaban J connectivity index is 2.19. The van der Waals surface area contributed by atoms with Crippen LogP contribution in [0.1, 0.15) is 41.5 Å². The fourth-order valence-electron chi connectivity index (χ4n) is 2.42. The van der Waals surface area contributed by atoms with Gasteiger partial charge in [0.05, 0.1) is 26.0 Å². The van der Waals surface area contributed by atoms with Crippen LogP contribution in [0.5, 0.6) is 11.5 Å².